The average Bonchev–Trinajstić information content (AvgIpc) is 2.49. The molecule has 1 aliphatic carbocycles. The number of carbonyl (C=O) groups is 1. The van der Waals surface area contributed by atoms with Crippen molar-refractivity contribution in [3.63, 3.8) is 0 Å². The van der Waals surface area contributed by atoms with Crippen molar-refractivity contribution < 1.29 is 9.53 Å². The highest BCUT2D eigenvalue weighted by Crippen LogP contribution is 2.19. The Labute approximate surface area is 119 Å². The van der Waals surface area contributed by atoms with Crippen LogP contribution in [0.5, 0.6) is 0 Å². The predicted molar refractivity (Wildman–Crippen MR) is 75.2 cm³/mol. The average molecular weight is 278 g/mol. The Kier molecular flexibility index (Phi) is 5.88. The van der Waals surface area contributed by atoms with Crippen LogP contribution in [0.4, 0.5) is 0 Å². The molecule has 3 N–H and O–H groups in total. The lowest BCUT2D eigenvalue weighted by molar-refractivity contribution is 0.0241. The third-order valence-electron chi connectivity index (χ3n) is 3.47. The first-order chi connectivity index (χ1) is 9.75. The molecule has 0 aliphatic heterocycles. The van der Waals surface area contributed by atoms with Gasteiger partial charge in [-0.1, -0.05) is 0 Å². The van der Waals surface area contributed by atoms with Crippen molar-refractivity contribution in [1.29, 1.82) is 0 Å². The standard InChI is InChI=1S/C14H22N4O2/c15-11-2-4-12(5-3-11)20-9-1-6-18-14(19)13-10-16-7-8-17-13/h7-8,10-12H,1-6,9,15H2,(H,18,19). The van der Waals surface area contributed by atoms with Gasteiger partial charge in [0.05, 0.1) is 12.3 Å². The molecule has 1 amide bonds. The first kappa shape index (κ1) is 14.9. The molecule has 2 rings (SSSR count). The zero-order chi connectivity index (χ0) is 14.2. The van der Waals surface area contributed by atoms with E-state index in [1.165, 1.54) is 12.4 Å². The third-order valence-corrected chi connectivity index (χ3v) is 3.47. The van der Waals surface area contributed by atoms with Gasteiger partial charge in [0, 0.05) is 31.6 Å². The van der Waals surface area contributed by atoms with E-state index in [1.807, 2.05) is 0 Å². The molecule has 1 saturated carbocycles. The van der Waals surface area contributed by atoms with Crippen LogP contribution in [0.1, 0.15) is 42.6 Å². The number of nitrogens with two attached hydrogens (primary N) is 1. The zero-order valence-corrected chi connectivity index (χ0v) is 11.6. The zero-order valence-electron chi connectivity index (χ0n) is 11.6. The largest absolute Gasteiger partial charge is 0.378 e. The summed E-state index contributed by atoms with van der Waals surface area (Å²) in [6, 6.07) is 0.348. The lowest BCUT2D eigenvalue weighted by atomic mass is 9.94. The van der Waals surface area contributed by atoms with Crippen LogP contribution < -0.4 is 11.1 Å². The molecule has 0 spiro atoms. The smallest absolute Gasteiger partial charge is 0.271 e. The van der Waals surface area contributed by atoms with E-state index < -0.39 is 0 Å². The van der Waals surface area contributed by atoms with Crippen molar-refractivity contribution >= 4 is 5.91 Å². The van der Waals surface area contributed by atoms with Gasteiger partial charge in [0.2, 0.25) is 0 Å². The number of amides is 1. The molecule has 1 aromatic rings. The fourth-order valence-corrected chi connectivity index (χ4v) is 2.29. The molecule has 1 aromatic heterocycles. The summed E-state index contributed by atoms with van der Waals surface area (Å²) < 4.78 is 5.78. The monoisotopic (exact) mass is 278 g/mol. The van der Waals surface area contributed by atoms with E-state index in [2.05, 4.69) is 15.3 Å². The summed E-state index contributed by atoms with van der Waals surface area (Å²) in [5.41, 5.74) is 6.19. The second-order valence-electron chi connectivity index (χ2n) is 5.11. The molecule has 1 fully saturated rings. The van der Waals surface area contributed by atoms with E-state index in [0.29, 0.717) is 31.0 Å². The number of nitrogens with one attached hydrogen (secondary N) is 1. The summed E-state index contributed by atoms with van der Waals surface area (Å²) in [7, 11) is 0. The minimum atomic E-state index is -0.193. The minimum Gasteiger partial charge on any atom is -0.378 e. The van der Waals surface area contributed by atoms with Gasteiger partial charge in [-0.15, -0.1) is 0 Å². The number of hydrogen-bond donors (Lipinski definition) is 2. The highest BCUT2D eigenvalue weighted by Gasteiger charge is 2.18. The first-order valence-electron chi connectivity index (χ1n) is 7.17. The van der Waals surface area contributed by atoms with Crippen molar-refractivity contribution in [3.05, 3.63) is 24.3 Å². The molecular weight excluding hydrogens is 256 g/mol. The van der Waals surface area contributed by atoms with Crippen LogP contribution >= 0.6 is 0 Å². The van der Waals surface area contributed by atoms with Crippen LogP contribution in [0.2, 0.25) is 0 Å². The molecule has 0 saturated heterocycles. The number of rotatable bonds is 6. The van der Waals surface area contributed by atoms with E-state index in [4.69, 9.17) is 10.5 Å². The number of nitrogens with zero attached hydrogens (tertiary/aromatic N) is 2. The van der Waals surface area contributed by atoms with Gasteiger partial charge in [-0.3, -0.25) is 9.78 Å². The number of carbonyl (C=O) groups excluding carboxylic acids is 1. The second kappa shape index (κ2) is 7.91. The van der Waals surface area contributed by atoms with Crippen LogP contribution in [0, 0.1) is 0 Å². The van der Waals surface area contributed by atoms with Gasteiger partial charge in [-0.05, 0) is 32.1 Å². The van der Waals surface area contributed by atoms with E-state index in [9.17, 15) is 4.79 Å². The maximum Gasteiger partial charge on any atom is 0.271 e. The molecule has 6 nitrogen and oxygen atoms in total. The highest BCUT2D eigenvalue weighted by atomic mass is 16.5. The quantitative estimate of drug-likeness (QED) is 0.754. The van der Waals surface area contributed by atoms with Crippen LogP contribution in [-0.4, -0.2) is 41.2 Å². The van der Waals surface area contributed by atoms with Gasteiger partial charge in [-0.25, -0.2) is 4.98 Å². The summed E-state index contributed by atoms with van der Waals surface area (Å²) in [4.78, 5) is 19.5. The SMILES string of the molecule is NC1CCC(OCCCNC(=O)c2cnccn2)CC1. The summed E-state index contributed by atoms with van der Waals surface area (Å²) in [6.07, 6.45) is 9.84. The molecule has 0 aromatic carbocycles. The molecule has 6 heteroatoms. The Morgan fingerprint density at radius 2 is 2.15 bits per heavy atom. The Morgan fingerprint density at radius 1 is 1.35 bits per heavy atom. The topological polar surface area (TPSA) is 90.1 Å². The second-order valence-corrected chi connectivity index (χ2v) is 5.11. The van der Waals surface area contributed by atoms with Gasteiger partial charge in [-0.2, -0.15) is 0 Å². The summed E-state index contributed by atoms with van der Waals surface area (Å²) in [5, 5.41) is 2.80. The van der Waals surface area contributed by atoms with Crippen molar-refractivity contribution in [2.45, 2.75) is 44.2 Å². The molecule has 110 valence electrons. The van der Waals surface area contributed by atoms with Gasteiger partial charge in [0.1, 0.15) is 5.69 Å². The first-order valence-corrected chi connectivity index (χ1v) is 7.17. The van der Waals surface area contributed by atoms with Gasteiger partial charge in [0.15, 0.2) is 0 Å². The van der Waals surface area contributed by atoms with Crippen LogP contribution in [0.25, 0.3) is 0 Å². The Morgan fingerprint density at radius 3 is 2.85 bits per heavy atom. The third kappa shape index (κ3) is 4.86. The number of ether oxygens (including phenoxy) is 1. The van der Waals surface area contributed by atoms with E-state index >= 15 is 0 Å². The van der Waals surface area contributed by atoms with Crippen LogP contribution in [0.15, 0.2) is 18.6 Å². The lowest BCUT2D eigenvalue weighted by Crippen LogP contribution is -2.31. The summed E-state index contributed by atoms with van der Waals surface area (Å²) in [5.74, 6) is -0.193. The molecule has 0 atom stereocenters. The molecule has 0 unspecified atom stereocenters. The highest BCUT2D eigenvalue weighted by molar-refractivity contribution is 5.91. The maximum absolute atomic E-state index is 11.7. The molecule has 0 bridgehead atoms. The van der Waals surface area contributed by atoms with Gasteiger partial charge in [0.25, 0.3) is 5.91 Å². The number of aromatic nitrogens is 2. The molecule has 1 aliphatic rings. The molecular formula is C14H22N4O2. The molecule has 1 heterocycles. The van der Waals surface area contributed by atoms with Gasteiger partial charge < -0.3 is 15.8 Å². The van der Waals surface area contributed by atoms with Crippen molar-refractivity contribution in [1.82, 2.24) is 15.3 Å². The number of hydrogen-bond acceptors (Lipinski definition) is 5. The van der Waals surface area contributed by atoms with Crippen LogP contribution in [0.3, 0.4) is 0 Å². The fourth-order valence-electron chi connectivity index (χ4n) is 2.29. The van der Waals surface area contributed by atoms with Crippen molar-refractivity contribution in [3.8, 4) is 0 Å². The molecule has 0 radical (unpaired) electrons. The fraction of sp³-hybridized carbons (Fsp3) is 0.643. The Bertz CT molecular complexity index is 405. The van der Waals surface area contributed by atoms with Crippen molar-refractivity contribution in [2.75, 3.05) is 13.2 Å². The lowest BCUT2D eigenvalue weighted by Gasteiger charge is -2.26. The molecule has 20 heavy (non-hydrogen) atoms. The Hall–Kier alpha value is -1.53. The van der Waals surface area contributed by atoms with E-state index in [0.717, 1.165) is 32.1 Å². The Balaban J connectivity index is 1.55. The summed E-state index contributed by atoms with van der Waals surface area (Å²) >= 11 is 0. The summed E-state index contributed by atoms with van der Waals surface area (Å²) in [6.45, 7) is 1.25. The maximum atomic E-state index is 11.7. The minimum absolute atomic E-state index is 0.193. The van der Waals surface area contributed by atoms with Crippen LogP contribution in [-0.2, 0) is 4.74 Å². The van der Waals surface area contributed by atoms with Crippen molar-refractivity contribution in [2.24, 2.45) is 5.73 Å². The normalized spacial score (nSPS) is 22.4. The predicted octanol–water partition coefficient (Wildman–Crippen LogP) is 0.883. The van der Waals surface area contributed by atoms with E-state index in [1.54, 1.807) is 6.20 Å². The van der Waals surface area contributed by atoms with E-state index in [-0.39, 0.29) is 5.91 Å². The van der Waals surface area contributed by atoms with Gasteiger partial charge >= 0.3 is 0 Å².